The van der Waals surface area contributed by atoms with Gasteiger partial charge in [0.25, 0.3) is 0 Å². The van der Waals surface area contributed by atoms with Crippen molar-refractivity contribution in [2.45, 2.75) is 25.3 Å². The molecular weight excluding hydrogens is 266 g/mol. The Balaban J connectivity index is 1.83. The minimum absolute atomic E-state index is 0.0554. The van der Waals surface area contributed by atoms with Gasteiger partial charge in [-0.05, 0) is 55.2 Å². The molecule has 21 heavy (non-hydrogen) atoms. The van der Waals surface area contributed by atoms with Crippen LogP contribution in [-0.2, 0) is 6.42 Å². The highest BCUT2D eigenvalue weighted by Gasteiger charge is 2.20. The Morgan fingerprint density at radius 3 is 2.67 bits per heavy atom. The Hall–Kier alpha value is -2.56. The van der Waals surface area contributed by atoms with Crippen LogP contribution in [0.5, 0.6) is 0 Å². The molecule has 3 rings (SSSR count). The van der Waals surface area contributed by atoms with Crippen LogP contribution in [0.15, 0.2) is 41.2 Å². The van der Waals surface area contributed by atoms with Crippen LogP contribution in [0, 0.1) is 0 Å². The van der Waals surface area contributed by atoms with E-state index in [2.05, 4.69) is 10.3 Å². The SMILES string of the molecule is NC(=O)c1ccc(NC2CCCc3[nH]c(=O)ccc32)cc1. The van der Waals surface area contributed by atoms with Crippen molar-refractivity contribution in [2.75, 3.05) is 5.32 Å². The summed E-state index contributed by atoms with van der Waals surface area (Å²) in [5.74, 6) is -0.429. The van der Waals surface area contributed by atoms with Crippen LogP contribution in [-0.4, -0.2) is 10.9 Å². The Bertz CT molecular complexity index is 719. The minimum Gasteiger partial charge on any atom is -0.378 e. The lowest BCUT2D eigenvalue weighted by Gasteiger charge is -2.26. The fourth-order valence-electron chi connectivity index (χ4n) is 2.78. The van der Waals surface area contributed by atoms with Crippen LogP contribution in [0.25, 0.3) is 0 Å². The molecule has 4 N–H and O–H groups in total. The second-order valence-corrected chi connectivity index (χ2v) is 5.29. The second kappa shape index (κ2) is 5.44. The Morgan fingerprint density at radius 1 is 1.19 bits per heavy atom. The van der Waals surface area contributed by atoms with Gasteiger partial charge < -0.3 is 16.0 Å². The van der Waals surface area contributed by atoms with Gasteiger partial charge in [0.2, 0.25) is 11.5 Å². The fraction of sp³-hybridized carbons (Fsp3) is 0.250. The first-order chi connectivity index (χ1) is 10.1. The minimum atomic E-state index is -0.429. The number of carbonyl (C=O) groups excluding carboxylic acids is 1. The molecule has 1 aliphatic rings. The quantitative estimate of drug-likeness (QED) is 0.804. The molecule has 1 aromatic carbocycles. The average molecular weight is 283 g/mol. The van der Waals surface area contributed by atoms with Crippen molar-refractivity contribution < 1.29 is 4.79 Å². The Kier molecular flexibility index (Phi) is 3.48. The molecule has 1 amide bonds. The molecule has 0 aliphatic heterocycles. The molecule has 2 aromatic rings. The lowest BCUT2D eigenvalue weighted by atomic mass is 9.91. The van der Waals surface area contributed by atoms with Crippen molar-refractivity contribution in [3.8, 4) is 0 Å². The van der Waals surface area contributed by atoms with Gasteiger partial charge in [-0.2, -0.15) is 0 Å². The normalized spacial score (nSPS) is 17.0. The number of aryl methyl sites for hydroxylation is 1. The molecule has 1 atom stereocenters. The van der Waals surface area contributed by atoms with Gasteiger partial charge >= 0.3 is 0 Å². The summed E-state index contributed by atoms with van der Waals surface area (Å²) < 4.78 is 0. The number of nitrogens with one attached hydrogen (secondary N) is 2. The molecule has 0 spiro atoms. The third-order valence-electron chi connectivity index (χ3n) is 3.84. The monoisotopic (exact) mass is 283 g/mol. The highest BCUT2D eigenvalue weighted by atomic mass is 16.1. The topological polar surface area (TPSA) is 88.0 Å². The van der Waals surface area contributed by atoms with Crippen molar-refractivity contribution in [3.63, 3.8) is 0 Å². The summed E-state index contributed by atoms with van der Waals surface area (Å²) >= 11 is 0. The van der Waals surface area contributed by atoms with Gasteiger partial charge in [0.1, 0.15) is 0 Å². The zero-order chi connectivity index (χ0) is 14.8. The maximum atomic E-state index is 11.4. The number of amides is 1. The predicted molar refractivity (Wildman–Crippen MR) is 81.3 cm³/mol. The van der Waals surface area contributed by atoms with E-state index in [1.54, 1.807) is 18.2 Å². The molecule has 108 valence electrons. The van der Waals surface area contributed by atoms with E-state index in [9.17, 15) is 9.59 Å². The van der Waals surface area contributed by atoms with Crippen LogP contribution in [0.4, 0.5) is 5.69 Å². The average Bonchev–Trinajstić information content (AvgIpc) is 2.47. The summed E-state index contributed by atoms with van der Waals surface area (Å²) in [6.07, 6.45) is 2.95. The zero-order valence-corrected chi connectivity index (χ0v) is 11.6. The number of pyridine rings is 1. The van der Waals surface area contributed by atoms with Crippen molar-refractivity contribution in [3.05, 3.63) is 63.6 Å². The molecule has 1 unspecified atom stereocenters. The van der Waals surface area contributed by atoms with Crippen molar-refractivity contribution in [2.24, 2.45) is 5.73 Å². The van der Waals surface area contributed by atoms with E-state index in [4.69, 9.17) is 5.73 Å². The molecular formula is C16H17N3O2. The van der Waals surface area contributed by atoms with Gasteiger partial charge in [-0.25, -0.2) is 0 Å². The molecule has 1 heterocycles. The summed E-state index contributed by atoms with van der Waals surface area (Å²) in [5, 5.41) is 3.45. The van der Waals surface area contributed by atoms with Crippen LogP contribution in [0.2, 0.25) is 0 Å². The van der Waals surface area contributed by atoms with E-state index in [-0.39, 0.29) is 11.6 Å². The van der Waals surface area contributed by atoms with Gasteiger partial charge in [0.15, 0.2) is 0 Å². The predicted octanol–water partition coefficient (Wildman–Crippen LogP) is 1.96. The molecule has 5 heteroatoms. The number of nitrogens with two attached hydrogens (primary N) is 1. The molecule has 1 aliphatic carbocycles. The number of carbonyl (C=O) groups is 1. The maximum absolute atomic E-state index is 11.4. The van der Waals surface area contributed by atoms with Crippen LogP contribution in [0.1, 0.15) is 40.5 Å². The third kappa shape index (κ3) is 2.81. The number of benzene rings is 1. The van der Waals surface area contributed by atoms with Crippen molar-refractivity contribution >= 4 is 11.6 Å². The maximum Gasteiger partial charge on any atom is 0.248 e. The Labute approximate surface area is 122 Å². The fourth-order valence-corrected chi connectivity index (χ4v) is 2.78. The third-order valence-corrected chi connectivity index (χ3v) is 3.84. The van der Waals surface area contributed by atoms with E-state index < -0.39 is 5.91 Å². The number of aromatic nitrogens is 1. The first-order valence-electron chi connectivity index (χ1n) is 7.02. The molecule has 0 fully saturated rings. The molecule has 0 saturated heterocycles. The number of rotatable bonds is 3. The summed E-state index contributed by atoms with van der Waals surface area (Å²) in [4.78, 5) is 25.4. The summed E-state index contributed by atoms with van der Waals surface area (Å²) in [5.41, 5.74) is 8.76. The number of hydrogen-bond acceptors (Lipinski definition) is 3. The summed E-state index contributed by atoms with van der Waals surface area (Å²) in [6.45, 7) is 0. The molecule has 5 nitrogen and oxygen atoms in total. The van der Waals surface area contributed by atoms with Gasteiger partial charge in [0, 0.05) is 23.0 Å². The molecule has 0 bridgehead atoms. The lowest BCUT2D eigenvalue weighted by molar-refractivity contribution is 0.100. The number of fused-ring (bicyclic) bond motifs is 1. The number of primary amides is 1. The van der Waals surface area contributed by atoms with Crippen molar-refractivity contribution in [1.29, 1.82) is 0 Å². The number of H-pyrrole nitrogens is 1. The number of aromatic amines is 1. The van der Waals surface area contributed by atoms with Gasteiger partial charge in [-0.3, -0.25) is 9.59 Å². The van der Waals surface area contributed by atoms with Gasteiger partial charge in [-0.15, -0.1) is 0 Å². The van der Waals surface area contributed by atoms with Crippen LogP contribution in [0.3, 0.4) is 0 Å². The molecule has 1 aromatic heterocycles. The van der Waals surface area contributed by atoms with E-state index in [1.807, 2.05) is 18.2 Å². The van der Waals surface area contributed by atoms with Gasteiger partial charge in [0.05, 0.1) is 6.04 Å². The zero-order valence-electron chi connectivity index (χ0n) is 11.6. The van der Waals surface area contributed by atoms with Gasteiger partial charge in [-0.1, -0.05) is 0 Å². The standard InChI is InChI=1S/C16H17N3O2/c17-16(21)10-4-6-11(7-5-10)18-13-2-1-3-14-12(13)8-9-15(20)19-14/h4-9,13,18H,1-3H2,(H2,17,21)(H,19,20). The highest BCUT2D eigenvalue weighted by molar-refractivity contribution is 5.93. The molecule has 0 saturated carbocycles. The summed E-state index contributed by atoms with van der Waals surface area (Å²) in [7, 11) is 0. The smallest absolute Gasteiger partial charge is 0.248 e. The first kappa shape index (κ1) is 13.4. The van der Waals surface area contributed by atoms with E-state index in [0.29, 0.717) is 5.56 Å². The van der Waals surface area contributed by atoms with E-state index >= 15 is 0 Å². The van der Waals surface area contributed by atoms with E-state index in [0.717, 1.165) is 36.2 Å². The molecule has 0 radical (unpaired) electrons. The first-order valence-corrected chi connectivity index (χ1v) is 7.02. The lowest BCUT2D eigenvalue weighted by Crippen LogP contribution is -2.21. The largest absolute Gasteiger partial charge is 0.378 e. The van der Waals surface area contributed by atoms with Crippen LogP contribution >= 0.6 is 0 Å². The van der Waals surface area contributed by atoms with Crippen molar-refractivity contribution in [1.82, 2.24) is 4.98 Å². The Morgan fingerprint density at radius 2 is 1.95 bits per heavy atom. The van der Waals surface area contributed by atoms with Crippen LogP contribution < -0.4 is 16.6 Å². The highest BCUT2D eigenvalue weighted by Crippen LogP contribution is 2.30. The second-order valence-electron chi connectivity index (χ2n) is 5.29. The number of anilines is 1. The van der Waals surface area contributed by atoms with E-state index in [1.165, 1.54) is 0 Å². The number of hydrogen-bond donors (Lipinski definition) is 3. The summed E-state index contributed by atoms with van der Waals surface area (Å²) in [6, 6.07) is 10.7.